The van der Waals surface area contributed by atoms with E-state index >= 15 is 0 Å². The highest BCUT2D eigenvalue weighted by molar-refractivity contribution is 6.02. The van der Waals surface area contributed by atoms with E-state index in [1.165, 1.54) is 0 Å². The number of nitrogens with zero attached hydrogens (tertiary/aromatic N) is 7. The normalized spacial score (nSPS) is 17.4. The quantitative estimate of drug-likeness (QED) is 0.441. The van der Waals surface area contributed by atoms with Gasteiger partial charge in [-0.3, -0.25) is 14.5 Å². The topological polar surface area (TPSA) is 109 Å². The summed E-state index contributed by atoms with van der Waals surface area (Å²) in [5.74, 6) is 0.400. The summed E-state index contributed by atoms with van der Waals surface area (Å²) in [6.45, 7) is 3.22. The van der Waals surface area contributed by atoms with E-state index in [9.17, 15) is 9.59 Å². The molecule has 0 aliphatic carbocycles. The predicted molar refractivity (Wildman–Crippen MR) is 141 cm³/mol. The number of hydrogen-bond acceptors (Lipinski definition) is 7. The number of anilines is 1. The second kappa shape index (κ2) is 10.1. The molecule has 10 heteroatoms. The maximum atomic E-state index is 13.4. The zero-order valence-electron chi connectivity index (χ0n) is 21.1. The van der Waals surface area contributed by atoms with Crippen molar-refractivity contribution in [2.24, 2.45) is 0 Å². The van der Waals surface area contributed by atoms with E-state index in [4.69, 9.17) is 0 Å². The van der Waals surface area contributed by atoms with E-state index in [0.717, 1.165) is 54.4 Å². The Morgan fingerprint density at radius 1 is 1.08 bits per heavy atom. The van der Waals surface area contributed by atoms with Crippen LogP contribution < -0.4 is 10.2 Å². The summed E-state index contributed by atoms with van der Waals surface area (Å²) in [4.78, 5) is 43.4. The Kier molecular flexibility index (Phi) is 6.38. The number of fused-ring (bicyclic) bond motifs is 2. The Balaban J connectivity index is 1.15. The van der Waals surface area contributed by atoms with Gasteiger partial charge in [-0.05, 0) is 36.1 Å². The summed E-state index contributed by atoms with van der Waals surface area (Å²) in [6, 6.07) is 17.0. The SMILES string of the molecule is CN1C(=O)C(NC(=O)c2nccc(-c3ccccc3)n2)CCc2ccc(CN3CCn4ncnc4C3)cc21. The highest BCUT2D eigenvalue weighted by Gasteiger charge is 2.30. The molecular formula is C28H28N8O2. The number of rotatable bonds is 5. The fraction of sp³-hybridized carbons (Fsp3) is 0.286. The minimum atomic E-state index is -0.666. The number of aromatic nitrogens is 5. The molecule has 2 aliphatic heterocycles. The van der Waals surface area contributed by atoms with Crippen LogP contribution in [0.2, 0.25) is 0 Å². The van der Waals surface area contributed by atoms with Crippen molar-refractivity contribution < 1.29 is 9.59 Å². The minimum Gasteiger partial charge on any atom is -0.337 e. The third kappa shape index (κ3) is 4.78. The molecule has 4 aromatic rings. The zero-order chi connectivity index (χ0) is 26.1. The van der Waals surface area contributed by atoms with Crippen LogP contribution in [0.3, 0.4) is 0 Å². The minimum absolute atomic E-state index is 0.0446. The highest BCUT2D eigenvalue weighted by atomic mass is 16.2. The van der Waals surface area contributed by atoms with Gasteiger partial charge in [0.15, 0.2) is 0 Å². The molecule has 0 fully saturated rings. The Morgan fingerprint density at radius 3 is 2.82 bits per heavy atom. The van der Waals surface area contributed by atoms with Crippen LogP contribution in [-0.2, 0) is 30.8 Å². The first-order chi connectivity index (χ1) is 18.5. The number of likely N-dealkylation sites (N-methyl/N-ethyl adjacent to an activating group) is 1. The number of aryl methyl sites for hydroxylation is 1. The maximum Gasteiger partial charge on any atom is 0.289 e. The van der Waals surface area contributed by atoms with Crippen LogP contribution in [0.5, 0.6) is 0 Å². The molecule has 2 aromatic heterocycles. The molecule has 10 nitrogen and oxygen atoms in total. The van der Waals surface area contributed by atoms with Crippen LogP contribution in [0.4, 0.5) is 5.69 Å². The Hall–Kier alpha value is -4.44. The van der Waals surface area contributed by atoms with E-state index < -0.39 is 11.9 Å². The van der Waals surface area contributed by atoms with Crippen molar-refractivity contribution >= 4 is 17.5 Å². The number of carbonyl (C=O) groups is 2. The summed E-state index contributed by atoms with van der Waals surface area (Å²) in [6.07, 6.45) is 4.34. The van der Waals surface area contributed by atoms with Crippen molar-refractivity contribution in [3.05, 3.63) is 89.9 Å². The van der Waals surface area contributed by atoms with E-state index in [0.29, 0.717) is 18.5 Å². The molecule has 0 bridgehead atoms. The van der Waals surface area contributed by atoms with Gasteiger partial charge in [0.2, 0.25) is 11.7 Å². The second-order valence-electron chi connectivity index (χ2n) is 9.67. The van der Waals surface area contributed by atoms with Crippen LogP contribution >= 0.6 is 0 Å². The molecule has 38 heavy (non-hydrogen) atoms. The lowest BCUT2D eigenvalue weighted by atomic mass is 10.0. The molecule has 2 amide bonds. The first kappa shape index (κ1) is 23.9. The molecule has 1 N–H and O–H groups in total. The van der Waals surface area contributed by atoms with Crippen LogP contribution in [-0.4, -0.2) is 61.1 Å². The van der Waals surface area contributed by atoms with Gasteiger partial charge in [0.05, 0.1) is 18.8 Å². The van der Waals surface area contributed by atoms with Gasteiger partial charge in [-0.2, -0.15) is 5.10 Å². The Bertz CT molecular complexity index is 1490. The summed E-state index contributed by atoms with van der Waals surface area (Å²) in [7, 11) is 1.77. The first-order valence-corrected chi connectivity index (χ1v) is 12.7. The Morgan fingerprint density at radius 2 is 1.95 bits per heavy atom. The summed E-state index contributed by atoms with van der Waals surface area (Å²) >= 11 is 0. The fourth-order valence-electron chi connectivity index (χ4n) is 5.11. The van der Waals surface area contributed by atoms with Gasteiger partial charge >= 0.3 is 0 Å². The van der Waals surface area contributed by atoms with Crippen LogP contribution in [0, 0.1) is 0 Å². The molecule has 6 rings (SSSR count). The first-order valence-electron chi connectivity index (χ1n) is 12.7. The molecule has 4 heterocycles. The Labute approximate surface area is 220 Å². The van der Waals surface area contributed by atoms with Gasteiger partial charge in [-0.25, -0.2) is 19.6 Å². The third-order valence-electron chi connectivity index (χ3n) is 7.17. The maximum absolute atomic E-state index is 13.4. The monoisotopic (exact) mass is 508 g/mol. The molecule has 0 spiro atoms. The van der Waals surface area contributed by atoms with E-state index in [2.05, 4.69) is 48.5 Å². The average molecular weight is 509 g/mol. The smallest absolute Gasteiger partial charge is 0.289 e. The van der Waals surface area contributed by atoms with Gasteiger partial charge in [-0.1, -0.05) is 42.5 Å². The standard InChI is InChI=1S/C28H28N8O2/c1-34-24-15-19(16-35-13-14-36-25(17-35)30-18-31-36)7-8-21(24)9-10-23(28(34)38)33-27(37)26-29-12-11-22(32-26)20-5-3-2-4-6-20/h2-8,11-12,15,18,23H,9-10,13-14,16-17H2,1H3,(H,33,37). The van der Waals surface area contributed by atoms with Crippen LogP contribution in [0.25, 0.3) is 11.3 Å². The third-order valence-corrected chi connectivity index (χ3v) is 7.17. The molecule has 2 aliphatic rings. The van der Waals surface area contributed by atoms with Gasteiger partial charge in [0, 0.05) is 37.6 Å². The van der Waals surface area contributed by atoms with Crippen molar-refractivity contribution in [2.75, 3.05) is 18.5 Å². The molecule has 1 unspecified atom stereocenters. The molecule has 2 aromatic carbocycles. The largest absolute Gasteiger partial charge is 0.337 e. The number of benzene rings is 2. The molecule has 192 valence electrons. The van der Waals surface area contributed by atoms with Crippen LogP contribution in [0.15, 0.2) is 67.1 Å². The van der Waals surface area contributed by atoms with Gasteiger partial charge in [0.25, 0.3) is 5.91 Å². The van der Waals surface area contributed by atoms with Crippen molar-refractivity contribution in [3.8, 4) is 11.3 Å². The van der Waals surface area contributed by atoms with Crippen molar-refractivity contribution in [1.29, 1.82) is 0 Å². The average Bonchev–Trinajstić information content (AvgIpc) is 3.39. The van der Waals surface area contributed by atoms with E-state index in [1.54, 1.807) is 30.5 Å². The molecule has 0 saturated carbocycles. The lowest BCUT2D eigenvalue weighted by molar-refractivity contribution is -0.120. The number of carbonyl (C=O) groups excluding carboxylic acids is 2. The molecular weight excluding hydrogens is 480 g/mol. The summed E-state index contributed by atoms with van der Waals surface area (Å²) in [5, 5.41) is 7.12. The molecule has 0 radical (unpaired) electrons. The predicted octanol–water partition coefficient (Wildman–Crippen LogP) is 2.46. The highest BCUT2D eigenvalue weighted by Crippen LogP contribution is 2.28. The molecule has 0 saturated heterocycles. The van der Waals surface area contributed by atoms with E-state index in [1.807, 2.05) is 35.0 Å². The second-order valence-corrected chi connectivity index (χ2v) is 9.67. The molecule has 1 atom stereocenters. The van der Waals surface area contributed by atoms with Gasteiger partial charge in [0.1, 0.15) is 18.2 Å². The number of nitrogens with one attached hydrogen (secondary N) is 1. The lowest BCUT2D eigenvalue weighted by Gasteiger charge is -2.27. The number of hydrogen-bond donors (Lipinski definition) is 1. The van der Waals surface area contributed by atoms with Gasteiger partial charge in [-0.15, -0.1) is 0 Å². The van der Waals surface area contributed by atoms with Crippen molar-refractivity contribution in [2.45, 2.75) is 38.5 Å². The van der Waals surface area contributed by atoms with Crippen molar-refractivity contribution in [3.63, 3.8) is 0 Å². The van der Waals surface area contributed by atoms with Gasteiger partial charge < -0.3 is 10.2 Å². The van der Waals surface area contributed by atoms with E-state index in [-0.39, 0.29) is 11.7 Å². The lowest BCUT2D eigenvalue weighted by Crippen LogP contribution is -2.47. The number of amides is 2. The van der Waals surface area contributed by atoms with Crippen LogP contribution in [0.1, 0.15) is 34.0 Å². The fourth-order valence-corrected chi connectivity index (χ4v) is 5.11. The summed E-state index contributed by atoms with van der Waals surface area (Å²) < 4.78 is 1.94. The zero-order valence-corrected chi connectivity index (χ0v) is 21.1. The summed E-state index contributed by atoms with van der Waals surface area (Å²) in [5.41, 5.74) is 4.65. The van der Waals surface area contributed by atoms with Crippen molar-refractivity contribution in [1.82, 2.24) is 34.9 Å².